The van der Waals surface area contributed by atoms with Gasteiger partial charge in [-0.3, -0.25) is 4.79 Å². The quantitative estimate of drug-likeness (QED) is 0.608. The number of rotatable bonds is 4. The van der Waals surface area contributed by atoms with Crippen molar-refractivity contribution >= 4 is 17.3 Å². The second-order valence-electron chi connectivity index (χ2n) is 3.70. The van der Waals surface area contributed by atoms with E-state index in [0.717, 1.165) is 10.9 Å². The molecule has 0 radical (unpaired) electrons. The molecule has 5 nitrogen and oxygen atoms in total. The molecule has 0 aliphatic carbocycles. The van der Waals surface area contributed by atoms with Crippen LogP contribution in [0.4, 0.5) is 0 Å². The van der Waals surface area contributed by atoms with Crippen LogP contribution in [0.5, 0.6) is 11.5 Å². The van der Waals surface area contributed by atoms with Crippen molar-refractivity contribution in [3.8, 4) is 11.5 Å². The minimum absolute atomic E-state index is 0.132. The number of benzene rings is 1. The molecule has 0 saturated carbocycles. The summed E-state index contributed by atoms with van der Waals surface area (Å²) in [4.78, 5) is 21.8. The van der Waals surface area contributed by atoms with Crippen LogP contribution in [0.25, 0.3) is 11.0 Å². The SMILES string of the molecule is COc1ccc2c(C)cc(=O)oc2c1OCC=O. The number of aryl methyl sites for hydroxylation is 1. The first-order chi connectivity index (χ1) is 8.67. The van der Waals surface area contributed by atoms with Crippen molar-refractivity contribution in [1.82, 2.24) is 0 Å². The average Bonchev–Trinajstić information content (AvgIpc) is 2.35. The summed E-state index contributed by atoms with van der Waals surface area (Å²) in [6, 6.07) is 4.88. The normalized spacial score (nSPS) is 10.3. The van der Waals surface area contributed by atoms with Crippen LogP contribution < -0.4 is 15.1 Å². The lowest BCUT2D eigenvalue weighted by Gasteiger charge is -2.11. The van der Waals surface area contributed by atoms with Gasteiger partial charge in [-0.1, -0.05) is 0 Å². The Labute approximate surface area is 103 Å². The zero-order valence-electron chi connectivity index (χ0n) is 10.1. The van der Waals surface area contributed by atoms with Gasteiger partial charge in [0.15, 0.2) is 17.6 Å². The van der Waals surface area contributed by atoms with Crippen LogP contribution in [0.3, 0.4) is 0 Å². The Hall–Kier alpha value is -2.30. The molecule has 2 aromatic rings. The number of hydrogen-bond donors (Lipinski definition) is 0. The zero-order valence-corrected chi connectivity index (χ0v) is 10.1. The number of ether oxygens (including phenoxy) is 2. The molecule has 0 aliphatic heterocycles. The van der Waals surface area contributed by atoms with Gasteiger partial charge in [0, 0.05) is 11.5 Å². The molecule has 0 atom stereocenters. The van der Waals surface area contributed by atoms with Crippen molar-refractivity contribution in [2.75, 3.05) is 13.7 Å². The van der Waals surface area contributed by atoms with E-state index < -0.39 is 5.63 Å². The van der Waals surface area contributed by atoms with E-state index in [-0.39, 0.29) is 12.4 Å². The average molecular weight is 248 g/mol. The number of fused-ring (bicyclic) bond motifs is 1. The molecular formula is C13H12O5. The molecule has 0 bridgehead atoms. The third kappa shape index (κ3) is 2.07. The third-order valence-electron chi connectivity index (χ3n) is 2.55. The van der Waals surface area contributed by atoms with Gasteiger partial charge in [-0.25, -0.2) is 4.79 Å². The molecule has 1 aromatic heterocycles. The Morgan fingerprint density at radius 2 is 2.17 bits per heavy atom. The number of aldehydes is 1. The number of hydrogen-bond acceptors (Lipinski definition) is 5. The molecule has 0 fully saturated rings. The van der Waals surface area contributed by atoms with E-state index in [1.165, 1.54) is 13.2 Å². The maximum absolute atomic E-state index is 11.4. The molecule has 1 aromatic carbocycles. The van der Waals surface area contributed by atoms with E-state index in [2.05, 4.69) is 0 Å². The number of carbonyl (C=O) groups is 1. The van der Waals surface area contributed by atoms with E-state index in [4.69, 9.17) is 13.9 Å². The lowest BCUT2D eigenvalue weighted by molar-refractivity contribution is -0.109. The first-order valence-electron chi connectivity index (χ1n) is 5.35. The van der Waals surface area contributed by atoms with Crippen molar-refractivity contribution in [3.63, 3.8) is 0 Å². The predicted molar refractivity (Wildman–Crippen MR) is 65.3 cm³/mol. The minimum Gasteiger partial charge on any atom is -0.493 e. The highest BCUT2D eigenvalue weighted by atomic mass is 16.5. The maximum Gasteiger partial charge on any atom is 0.336 e. The Morgan fingerprint density at radius 1 is 1.39 bits per heavy atom. The Morgan fingerprint density at radius 3 is 2.83 bits per heavy atom. The summed E-state index contributed by atoms with van der Waals surface area (Å²) in [6.45, 7) is 1.67. The first-order valence-corrected chi connectivity index (χ1v) is 5.35. The maximum atomic E-state index is 11.4. The van der Waals surface area contributed by atoms with Crippen molar-refractivity contribution < 1.29 is 18.7 Å². The fourth-order valence-corrected chi connectivity index (χ4v) is 1.76. The summed E-state index contributed by atoms with van der Waals surface area (Å²) in [6.07, 6.45) is 0.617. The Bertz CT molecular complexity index is 642. The van der Waals surface area contributed by atoms with Gasteiger partial charge in [0.2, 0.25) is 5.75 Å². The van der Waals surface area contributed by atoms with Crippen molar-refractivity contribution in [1.29, 1.82) is 0 Å². The molecule has 0 unspecified atom stereocenters. The Kier molecular flexibility index (Phi) is 3.32. The molecule has 0 N–H and O–H groups in total. The van der Waals surface area contributed by atoms with Crippen LogP contribution in [0.1, 0.15) is 5.56 Å². The van der Waals surface area contributed by atoms with Gasteiger partial charge in [0.05, 0.1) is 7.11 Å². The molecular weight excluding hydrogens is 236 g/mol. The van der Waals surface area contributed by atoms with Gasteiger partial charge < -0.3 is 13.9 Å². The minimum atomic E-state index is -0.468. The molecule has 5 heteroatoms. The van der Waals surface area contributed by atoms with Gasteiger partial charge >= 0.3 is 5.63 Å². The van der Waals surface area contributed by atoms with E-state index in [1.807, 2.05) is 0 Å². The monoisotopic (exact) mass is 248 g/mol. The van der Waals surface area contributed by atoms with Crippen LogP contribution in [0, 0.1) is 6.92 Å². The second-order valence-corrected chi connectivity index (χ2v) is 3.70. The standard InChI is InChI=1S/C13H12O5/c1-8-7-11(15)18-12-9(8)3-4-10(16-2)13(12)17-6-5-14/h3-5,7H,6H2,1-2H3. The Balaban J connectivity index is 2.75. The molecule has 0 saturated heterocycles. The topological polar surface area (TPSA) is 65.7 Å². The summed E-state index contributed by atoms with van der Waals surface area (Å²) in [5, 5.41) is 0.747. The fourth-order valence-electron chi connectivity index (χ4n) is 1.76. The van der Waals surface area contributed by atoms with E-state index in [1.54, 1.807) is 19.1 Å². The lowest BCUT2D eigenvalue weighted by Crippen LogP contribution is -2.04. The van der Waals surface area contributed by atoms with E-state index >= 15 is 0 Å². The van der Waals surface area contributed by atoms with E-state index in [9.17, 15) is 9.59 Å². The molecule has 0 aliphatic rings. The fraction of sp³-hybridized carbons (Fsp3) is 0.231. The molecule has 94 valence electrons. The molecule has 0 spiro atoms. The van der Waals surface area contributed by atoms with Crippen LogP contribution in [0.15, 0.2) is 27.4 Å². The number of methoxy groups -OCH3 is 1. The number of carbonyl (C=O) groups excluding carboxylic acids is 1. The molecule has 2 rings (SSSR count). The van der Waals surface area contributed by atoms with Crippen LogP contribution in [-0.4, -0.2) is 20.0 Å². The van der Waals surface area contributed by atoms with Crippen molar-refractivity contribution in [2.24, 2.45) is 0 Å². The summed E-state index contributed by atoms with van der Waals surface area (Å²) in [5.41, 5.74) is 0.602. The zero-order chi connectivity index (χ0) is 13.1. The molecule has 1 heterocycles. The highest BCUT2D eigenvalue weighted by Crippen LogP contribution is 2.35. The highest BCUT2D eigenvalue weighted by molar-refractivity contribution is 5.87. The van der Waals surface area contributed by atoms with Gasteiger partial charge in [-0.2, -0.15) is 0 Å². The summed E-state index contributed by atoms with van der Waals surface area (Å²) in [7, 11) is 1.48. The van der Waals surface area contributed by atoms with Crippen LogP contribution in [0.2, 0.25) is 0 Å². The lowest BCUT2D eigenvalue weighted by atomic mass is 10.1. The van der Waals surface area contributed by atoms with Crippen LogP contribution in [-0.2, 0) is 4.79 Å². The first kappa shape index (κ1) is 12.2. The van der Waals surface area contributed by atoms with Gasteiger partial charge in [-0.15, -0.1) is 0 Å². The smallest absolute Gasteiger partial charge is 0.336 e. The molecule has 18 heavy (non-hydrogen) atoms. The third-order valence-corrected chi connectivity index (χ3v) is 2.55. The van der Waals surface area contributed by atoms with Gasteiger partial charge in [-0.05, 0) is 24.6 Å². The highest BCUT2D eigenvalue weighted by Gasteiger charge is 2.14. The van der Waals surface area contributed by atoms with Crippen molar-refractivity contribution in [3.05, 3.63) is 34.2 Å². The molecule has 0 amide bonds. The predicted octanol–water partition coefficient (Wildman–Crippen LogP) is 1.69. The summed E-state index contributed by atoms with van der Waals surface area (Å²) in [5.74, 6) is 0.681. The van der Waals surface area contributed by atoms with E-state index in [0.29, 0.717) is 17.6 Å². The van der Waals surface area contributed by atoms with Crippen LogP contribution >= 0.6 is 0 Å². The summed E-state index contributed by atoms with van der Waals surface area (Å²) >= 11 is 0. The second kappa shape index (κ2) is 4.91. The largest absolute Gasteiger partial charge is 0.493 e. The van der Waals surface area contributed by atoms with Crippen molar-refractivity contribution in [2.45, 2.75) is 6.92 Å². The van der Waals surface area contributed by atoms with Gasteiger partial charge in [0.1, 0.15) is 6.61 Å². The summed E-state index contributed by atoms with van der Waals surface area (Å²) < 4.78 is 15.5. The van der Waals surface area contributed by atoms with Gasteiger partial charge in [0.25, 0.3) is 0 Å².